The number of hydrogen-bond donors (Lipinski definition) is 2. The molecule has 2 N–H and O–H groups in total. The highest BCUT2D eigenvalue weighted by Crippen LogP contribution is 2.40. The number of nitrogens with zero attached hydrogens (tertiary/aromatic N) is 2. The maximum atomic E-state index is 14.5. The highest BCUT2D eigenvalue weighted by atomic mass is 16.7. The molecular formula is C44H65N3O10. The molecule has 13 nitrogen and oxygen atoms in total. The number of hydrogen-bond acceptors (Lipinski definition) is 12. The number of para-hydroxylation sites is 1. The molecule has 3 aliphatic heterocycles. The number of ether oxygens (including phenoxy) is 5. The molecule has 4 heterocycles. The van der Waals surface area contributed by atoms with Crippen LogP contribution in [0.25, 0.3) is 10.9 Å². The van der Waals surface area contributed by atoms with Gasteiger partial charge in [0.25, 0.3) is 0 Å². The van der Waals surface area contributed by atoms with Crippen LogP contribution in [-0.2, 0) is 44.5 Å². The fraction of sp³-hybridized carbons (Fsp3) is 0.705. The first-order valence-corrected chi connectivity index (χ1v) is 20.9. The van der Waals surface area contributed by atoms with E-state index in [1.165, 1.54) is 6.92 Å². The minimum atomic E-state index is -1.37. The Balaban J connectivity index is 1.53. The molecule has 57 heavy (non-hydrogen) atoms. The highest BCUT2D eigenvalue weighted by Gasteiger charge is 2.57. The summed E-state index contributed by atoms with van der Waals surface area (Å²) in [6.45, 7) is 17.1. The standard InChI is InChI=1S/C44H65N3O10/c1-11-19-47(10)33-21-26(4)54-41(37(33)50)56-39-28(6)36(49)29(7)40(51)55-34(12-2)44(9)38(46-42(52)57-44)27(5)35(48)25(3)23-43(39,8)53-20-15-16-30-22-31-17-13-14-18-32(31)45-24-30/h13-14,17-18,22,24-29,33-34,37-39,41,50H,11-12,15-16,19-21,23H2,1-10H3,(H,46,52)/t25-,26-,27+,28+,29-,33+,34-,37-,38-,39-,41+,43-,44-/m1/s1. The molecule has 2 aromatic rings. The van der Waals surface area contributed by atoms with E-state index >= 15 is 0 Å². The molecule has 13 heteroatoms. The molecule has 0 bridgehead atoms. The number of aliphatic hydroxyl groups excluding tert-OH is 1. The zero-order chi connectivity index (χ0) is 41.8. The van der Waals surface area contributed by atoms with Gasteiger partial charge in [-0.1, -0.05) is 52.8 Å². The van der Waals surface area contributed by atoms with E-state index in [0.29, 0.717) is 19.3 Å². The van der Waals surface area contributed by atoms with E-state index in [1.54, 1.807) is 27.7 Å². The Labute approximate surface area is 337 Å². The van der Waals surface area contributed by atoms with Crippen molar-refractivity contribution in [3.8, 4) is 0 Å². The minimum absolute atomic E-state index is 0.127. The minimum Gasteiger partial charge on any atom is -0.458 e. The largest absolute Gasteiger partial charge is 0.458 e. The number of aliphatic hydroxyl groups is 1. The molecule has 0 saturated carbocycles. The summed E-state index contributed by atoms with van der Waals surface area (Å²) in [5.74, 6) is -4.99. The summed E-state index contributed by atoms with van der Waals surface area (Å²) in [5, 5.41) is 15.7. The summed E-state index contributed by atoms with van der Waals surface area (Å²) in [6.07, 6.45) is -0.187. The fourth-order valence-electron chi connectivity index (χ4n) is 9.40. The van der Waals surface area contributed by atoms with E-state index in [1.807, 2.05) is 58.3 Å². The van der Waals surface area contributed by atoms with Crippen molar-refractivity contribution >= 4 is 34.5 Å². The molecule has 0 spiro atoms. The van der Waals surface area contributed by atoms with Gasteiger partial charge in [0.05, 0.1) is 29.4 Å². The number of carbonyl (C=O) groups is 4. The number of amides is 1. The maximum Gasteiger partial charge on any atom is 0.408 e. The first-order valence-electron chi connectivity index (χ1n) is 20.9. The smallest absolute Gasteiger partial charge is 0.408 e. The number of likely N-dealkylation sites (N-methyl/N-ethyl adjacent to an activating group) is 1. The lowest BCUT2D eigenvalue weighted by molar-refractivity contribution is -0.298. The van der Waals surface area contributed by atoms with E-state index in [4.69, 9.17) is 23.7 Å². The van der Waals surface area contributed by atoms with Gasteiger partial charge in [-0.25, -0.2) is 4.79 Å². The Morgan fingerprint density at radius 1 is 1.02 bits per heavy atom. The van der Waals surface area contributed by atoms with Crippen molar-refractivity contribution in [1.82, 2.24) is 15.2 Å². The van der Waals surface area contributed by atoms with E-state index in [2.05, 4.69) is 28.2 Å². The van der Waals surface area contributed by atoms with Crippen molar-refractivity contribution in [3.05, 3.63) is 42.1 Å². The van der Waals surface area contributed by atoms with Crippen LogP contribution in [0, 0.1) is 23.7 Å². The van der Waals surface area contributed by atoms with E-state index < -0.39 is 83.4 Å². The number of esters is 1. The van der Waals surface area contributed by atoms with Crippen LogP contribution in [0.15, 0.2) is 36.5 Å². The second kappa shape index (κ2) is 18.6. The van der Waals surface area contributed by atoms with E-state index in [9.17, 15) is 24.3 Å². The molecule has 0 unspecified atom stereocenters. The van der Waals surface area contributed by atoms with Gasteiger partial charge in [-0.05, 0) is 97.5 Å². The Morgan fingerprint density at radius 2 is 1.74 bits per heavy atom. The summed E-state index contributed by atoms with van der Waals surface area (Å²) >= 11 is 0. The second-order valence-electron chi connectivity index (χ2n) is 17.2. The summed E-state index contributed by atoms with van der Waals surface area (Å²) in [4.78, 5) is 62.4. The maximum absolute atomic E-state index is 14.5. The van der Waals surface area contributed by atoms with Crippen LogP contribution < -0.4 is 5.32 Å². The van der Waals surface area contributed by atoms with Crippen LogP contribution in [-0.4, -0.2) is 113 Å². The summed E-state index contributed by atoms with van der Waals surface area (Å²) in [5.41, 5.74) is -0.727. The molecule has 3 fully saturated rings. The molecule has 1 amide bonds. The molecule has 3 aliphatic rings. The number of fused-ring (bicyclic) bond motifs is 2. The van der Waals surface area contributed by atoms with E-state index in [0.717, 1.165) is 29.4 Å². The second-order valence-corrected chi connectivity index (χ2v) is 17.2. The van der Waals surface area contributed by atoms with Gasteiger partial charge in [-0.15, -0.1) is 0 Å². The summed E-state index contributed by atoms with van der Waals surface area (Å²) < 4.78 is 31.7. The van der Waals surface area contributed by atoms with Gasteiger partial charge in [0, 0.05) is 42.0 Å². The van der Waals surface area contributed by atoms with Gasteiger partial charge in [-0.3, -0.25) is 19.4 Å². The van der Waals surface area contributed by atoms with Gasteiger partial charge >= 0.3 is 12.1 Å². The number of carbonyl (C=O) groups excluding carboxylic acids is 4. The van der Waals surface area contributed by atoms with Gasteiger partial charge in [0.2, 0.25) is 0 Å². The predicted molar refractivity (Wildman–Crippen MR) is 214 cm³/mol. The number of benzene rings is 1. The molecular weight excluding hydrogens is 730 g/mol. The number of aryl methyl sites for hydroxylation is 1. The SMILES string of the molecule is CCCN(C)[C@H]1C[C@@H](C)O[C@@H](O[C@@H]2[C@@H](C)C(=O)[C@@H](C)C(=O)O[C@H](CC)[C@@]3(C)OC(=O)N[C@@H]3[C@@H](C)C(=O)[C@H](C)C[C@@]2(C)OCCCc2cnc3ccccc3c2)[C@@H]1O. The Hall–Kier alpha value is -3.49. The number of cyclic esters (lactones) is 1. The van der Waals surface area contributed by atoms with Crippen LogP contribution in [0.2, 0.25) is 0 Å². The zero-order valence-corrected chi connectivity index (χ0v) is 35.5. The highest BCUT2D eigenvalue weighted by molar-refractivity contribution is 6.00. The monoisotopic (exact) mass is 795 g/mol. The van der Waals surface area contributed by atoms with E-state index in [-0.39, 0.29) is 37.4 Å². The number of nitrogens with one attached hydrogen (secondary N) is 1. The average molecular weight is 796 g/mol. The number of alkyl carbamates (subject to hydrolysis) is 1. The number of Topliss-reactive ketones (excluding diaryl/α,β-unsaturated/α-hetero) is 2. The molecule has 13 atom stereocenters. The normalized spacial score (nSPS) is 37.0. The third kappa shape index (κ3) is 9.70. The first kappa shape index (κ1) is 44.6. The van der Waals surface area contributed by atoms with Crippen molar-refractivity contribution in [1.29, 1.82) is 0 Å². The Kier molecular flexibility index (Phi) is 14.6. The molecule has 5 rings (SSSR count). The molecule has 1 aromatic carbocycles. The van der Waals surface area contributed by atoms with Crippen LogP contribution in [0.4, 0.5) is 4.79 Å². The first-order chi connectivity index (χ1) is 26.9. The van der Waals surface area contributed by atoms with Crippen LogP contribution in [0.3, 0.4) is 0 Å². The molecule has 1 aromatic heterocycles. The van der Waals surface area contributed by atoms with Crippen molar-refractivity contribution in [2.24, 2.45) is 23.7 Å². The van der Waals surface area contributed by atoms with Gasteiger partial charge in [-0.2, -0.15) is 0 Å². The predicted octanol–water partition coefficient (Wildman–Crippen LogP) is 5.81. The fourth-order valence-corrected chi connectivity index (χ4v) is 9.40. The summed E-state index contributed by atoms with van der Waals surface area (Å²) in [7, 11) is 1.96. The Bertz CT molecular complexity index is 1740. The van der Waals surface area contributed by atoms with Crippen molar-refractivity contribution in [2.75, 3.05) is 20.2 Å². The zero-order valence-electron chi connectivity index (χ0n) is 35.5. The van der Waals surface area contributed by atoms with Crippen LogP contribution in [0.5, 0.6) is 0 Å². The molecule has 0 radical (unpaired) electrons. The summed E-state index contributed by atoms with van der Waals surface area (Å²) in [6, 6.07) is 8.95. The number of ketones is 2. The third-order valence-electron chi connectivity index (χ3n) is 12.6. The van der Waals surface area contributed by atoms with Crippen LogP contribution >= 0.6 is 0 Å². The lowest BCUT2D eigenvalue weighted by Gasteiger charge is -2.47. The van der Waals surface area contributed by atoms with Gasteiger partial charge < -0.3 is 39.0 Å². The molecule has 316 valence electrons. The van der Waals surface area contributed by atoms with Gasteiger partial charge in [0.1, 0.15) is 23.9 Å². The number of aromatic nitrogens is 1. The van der Waals surface area contributed by atoms with Crippen LogP contribution in [0.1, 0.15) is 100.0 Å². The third-order valence-corrected chi connectivity index (χ3v) is 12.6. The lowest BCUT2D eigenvalue weighted by Crippen LogP contribution is -2.60. The Morgan fingerprint density at radius 3 is 2.44 bits per heavy atom. The van der Waals surface area contributed by atoms with Crippen molar-refractivity contribution < 1.29 is 48.0 Å². The van der Waals surface area contributed by atoms with Gasteiger partial charge in [0.15, 0.2) is 17.7 Å². The topological polar surface area (TPSA) is 163 Å². The van der Waals surface area contributed by atoms with Crippen molar-refractivity contribution in [2.45, 2.75) is 155 Å². The number of pyridine rings is 1. The lowest BCUT2D eigenvalue weighted by atomic mass is 9.73. The molecule has 0 aliphatic carbocycles. The average Bonchev–Trinajstić information content (AvgIpc) is 3.50. The quantitative estimate of drug-likeness (QED) is 0.160. The van der Waals surface area contributed by atoms with Crippen molar-refractivity contribution in [3.63, 3.8) is 0 Å². The molecule has 3 saturated heterocycles. The number of rotatable bonds is 11.